The molecule has 3 rings (SSSR count). The number of methoxy groups -OCH3 is 1. The molecule has 0 unspecified atom stereocenters. The Balaban J connectivity index is 2.02. The van der Waals surface area contributed by atoms with Crippen molar-refractivity contribution in [2.75, 3.05) is 7.11 Å². The van der Waals surface area contributed by atoms with Crippen LogP contribution in [0.2, 0.25) is 0 Å². The SMILES string of the molecule is COc1cc(C)c(-c2cnc(C3(C#N)CC3)[nH]2)cc1C. The lowest BCUT2D eigenvalue weighted by atomic mass is 10.0. The predicted molar refractivity (Wildman–Crippen MR) is 76.6 cm³/mol. The molecule has 0 bridgehead atoms. The highest BCUT2D eigenvalue weighted by Crippen LogP contribution is 2.46. The number of aryl methyl sites for hydroxylation is 2. The topological polar surface area (TPSA) is 61.7 Å². The first-order valence-corrected chi connectivity index (χ1v) is 6.72. The van der Waals surface area contributed by atoms with Gasteiger partial charge in [0, 0.05) is 5.56 Å². The Kier molecular flexibility index (Phi) is 2.79. The fourth-order valence-corrected chi connectivity index (χ4v) is 2.53. The summed E-state index contributed by atoms with van der Waals surface area (Å²) in [6.07, 6.45) is 3.62. The van der Waals surface area contributed by atoms with E-state index in [2.05, 4.69) is 29.0 Å². The van der Waals surface area contributed by atoms with Crippen molar-refractivity contribution in [2.24, 2.45) is 0 Å². The lowest BCUT2D eigenvalue weighted by Gasteiger charge is -2.10. The molecule has 4 heteroatoms. The van der Waals surface area contributed by atoms with Gasteiger partial charge in [0.1, 0.15) is 17.0 Å². The van der Waals surface area contributed by atoms with Crippen LogP contribution in [0.15, 0.2) is 18.3 Å². The third kappa shape index (κ3) is 1.87. The highest BCUT2D eigenvalue weighted by molar-refractivity contribution is 5.66. The van der Waals surface area contributed by atoms with Crippen LogP contribution in [0.5, 0.6) is 5.75 Å². The molecule has 1 heterocycles. The lowest BCUT2D eigenvalue weighted by Crippen LogP contribution is -2.04. The van der Waals surface area contributed by atoms with Gasteiger partial charge in [0.25, 0.3) is 0 Å². The van der Waals surface area contributed by atoms with E-state index in [-0.39, 0.29) is 5.41 Å². The normalized spacial score (nSPS) is 15.7. The van der Waals surface area contributed by atoms with E-state index < -0.39 is 0 Å². The number of hydrogen-bond donors (Lipinski definition) is 1. The number of nitrogens with one attached hydrogen (secondary N) is 1. The van der Waals surface area contributed by atoms with Crippen LogP contribution in [0.1, 0.15) is 29.8 Å². The van der Waals surface area contributed by atoms with Crippen LogP contribution in [0.4, 0.5) is 0 Å². The second-order valence-electron chi connectivity index (χ2n) is 5.48. The van der Waals surface area contributed by atoms with E-state index in [4.69, 9.17) is 4.74 Å². The molecule has 0 aliphatic heterocycles. The lowest BCUT2D eigenvalue weighted by molar-refractivity contribution is 0.411. The van der Waals surface area contributed by atoms with Crippen LogP contribution in [-0.2, 0) is 5.41 Å². The maximum Gasteiger partial charge on any atom is 0.127 e. The average molecular weight is 267 g/mol. The summed E-state index contributed by atoms with van der Waals surface area (Å²) in [7, 11) is 1.68. The Morgan fingerprint density at radius 3 is 2.65 bits per heavy atom. The number of nitrogens with zero attached hydrogens (tertiary/aromatic N) is 2. The van der Waals surface area contributed by atoms with Gasteiger partial charge >= 0.3 is 0 Å². The molecule has 102 valence electrons. The first kappa shape index (κ1) is 12.7. The fraction of sp³-hybridized carbons (Fsp3) is 0.375. The van der Waals surface area contributed by atoms with Crippen molar-refractivity contribution in [2.45, 2.75) is 32.1 Å². The van der Waals surface area contributed by atoms with Crippen molar-refractivity contribution in [1.82, 2.24) is 9.97 Å². The van der Waals surface area contributed by atoms with Crippen molar-refractivity contribution in [3.8, 4) is 23.1 Å². The summed E-state index contributed by atoms with van der Waals surface area (Å²) in [5, 5.41) is 9.23. The summed E-state index contributed by atoms with van der Waals surface area (Å²) >= 11 is 0. The molecule has 0 amide bonds. The molecular weight excluding hydrogens is 250 g/mol. The molecular formula is C16H17N3O. The number of H-pyrrole nitrogens is 1. The first-order chi connectivity index (χ1) is 9.59. The summed E-state index contributed by atoms with van der Waals surface area (Å²) < 4.78 is 5.33. The van der Waals surface area contributed by atoms with Gasteiger partial charge in [-0.2, -0.15) is 5.26 Å². The zero-order valence-corrected chi connectivity index (χ0v) is 11.9. The van der Waals surface area contributed by atoms with Gasteiger partial charge in [-0.05, 0) is 49.9 Å². The number of ether oxygens (including phenoxy) is 1. The molecule has 1 aromatic carbocycles. The van der Waals surface area contributed by atoms with Crippen molar-refractivity contribution >= 4 is 0 Å². The van der Waals surface area contributed by atoms with Crippen LogP contribution < -0.4 is 4.74 Å². The molecule has 0 atom stereocenters. The van der Waals surface area contributed by atoms with E-state index >= 15 is 0 Å². The molecule has 0 saturated heterocycles. The average Bonchev–Trinajstić information content (AvgIpc) is 3.10. The van der Waals surface area contributed by atoms with Crippen molar-refractivity contribution < 1.29 is 4.74 Å². The second kappa shape index (κ2) is 4.38. The summed E-state index contributed by atoms with van der Waals surface area (Å²) in [6, 6.07) is 6.49. The molecule has 1 aliphatic rings. The highest BCUT2D eigenvalue weighted by atomic mass is 16.5. The van der Waals surface area contributed by atoms with E-state index in [1.165, 1.54) is 0 Å². The fourth-order valence-electron chi connectivity index (χ4n) is 2.53. The molecule has 20 heavy (non-hydrogen) atoms. The Morgan fingerprint density at radius 2 is 2.05 bits per heavy atom. The first-order valence-electron chi connectivity index (χ1n) is 6.72. The van der Waals surface area contributed by atoms with Crippen molar-refractivity contribution in [3.05, 3.63) is 35.3 Å². The molecule has 1 fully saturated rings. The van der Waals surface area contributed by atoms with E-state index in [1.54, 1.807) is 7.11 Å². The standard InChI is InChI=1S/C16H17N3O/c1-10-7-14(20-3)11(2)6-12(10)13-8-18-15(19-13)16(9-17)4-5-16/h6-8H,4-5H2,1-3H3,(H,18,19). The van der Waals surface area contributed by atoms with Gasteiger partial charge in [0.2, 0.25) is 0 Å². The van der Waals surface area contributed by atoms with Crippen LogP contribution in [0.3, 0.4) is 0 Å². The molecule has 0 radical (unpaired) electrons. The maximum atomic E-state index is 9.23. The van der Waals surface area contributed by atoms with Crippen LogP contribution in [0, 0.1) is 25.2 Å². The second-order valence-corrected chi connectivity index (χ2v) is 5.48. The zero-order valence-electron chi connectivity index (χ0n) is 11.9. The molecule has 4 nitrogen and oxygen atoms in total. The third-order valence-corrected chi connectivity index (χ3v) is 4.03. The minimum atomic E-state index is -0.367. The highest BCUT2D eigenvalue weighted by Gasteiger charge is 2.47. The molecule has 1 N–H and O–H groups in total. The Bertz CT molecular complexity index is 705. The predicted octanol–water partition coefficient (Wildman–Crippen LogP) is 3.26. The van der Waals surface area contributed by atoms with E-state index in [1.807, 2.05) is 19.2 Å². The van der Waals surface area contributed by atoms with Crippen LogP contribution >= 0.6 is 0 Å². The van der Waals surface area contributed by atoms with Gasteiger partial charge in [-0.3, -0.25) is 0 Å². The van der Waals surface area contributed by atoms with Gasteiger partial charge in [0.15, 0.2) is 0 Å². The van der Waals surface area contributed by atoms with Gasteiger partial charge in [-0.15, -0.1) is 0 Å². The smallest absolute Gasteiger partial charge is 0.127 e. The monoisotopic (exact) mass is 267 g/mol. The number of imidazole rings is 1. The van der Waals surface area contributed by atoms with E-state index in [9.17, 15) is 5.26 Å². The van der Waals surface area contributed by atoms with Crippen LogP contribution in [0.25, 0.3) is 11.3 Å². The quantitative estimate of drug-likeness (QED) is 0.928. The number of aromatic nitrogens is 2. The minimum Gasteiger partial charge on any atom is -0.496 e. The molecule has 2 aromatic rings. The van der Waals surface area contributed by atoms with E-state index in [0.717, 1.165) is 46.8 Å². The maximum absolute atomic E-state index is 9.23. The zero-order chi connectivity index (χ0) is 14.3. The van der Waals surface area contributed by atoms with E-state index in [0.29, 0.717) is 0 Å². The van der Waals surface area contributed by atoms with Gasteiger partial charge < -0.3 is 9.72 Å². The largest absolute Gasteiger partial charge is 0.496 e. The number of rotatable bonds is 3. The number of nitriles is 1. The number of aromatic amines is 1. The molecule has 0 spiro atoms. The van der Waals surface area contributed by atoms with Crippen LogP contribution in [-0.4, -0.2) is 17.1 Å². The Morgan fingerprint density at radius 1 is 1.30 bits per heavy atom. The van der Waals surface area contributed by atoms with Gasteiger partial charge in [-0.1, -0.05) is 0 Å². The summed E-state index contributed by atoms with van der Waals surface area (Å²) in [6.45, 7) is 4.08. The summed E-state index contributed by atoms with van der Waals surface area (Å²) in [5.41, 5.74) is 3.92. The minimum absolute atomic E-state index is 0.367. The van der Waals surface area contributed by atoms with Gasteiger partial charge in [-0.25, -0.2) is 4.98 Å². The molecule has 1 aliphatic carbocycles. The summed E-state index contributed by atoms with van der Waals surface area (Å²) in [5.74, 6) is 1.68. The third-order valence-electron chi connectivity index (χ3n) is 4.03. The number of hydrogen-bond acceptors (Lipinski definition) is 3. The van der Waals surface area contributed by atoms with Crippen molar-refractivity contribution in [1.29, 1.82) is 5.26 Å². The number of benzene rings is 1. The van der Waals surface area contributed by atoms with Crippen molar-refractivity contribution in [3.63, 3.8) is 0 Å². The van der Waals surface area contributed by atoms with Gasteiger partial charge in [0.05, 0.1) is 25.1 Å². The molecule has 1 aromatic heterocycles. The Hall–Kier alpha value is -2.28. The summed E-state index contributed by atoms with van der Waals surface area (Å²) in [4.78, 5) is 7.72. The Labute approximate surface area is 118 Å². The molecule has 1 saturated carbocycles.